The normalized spacial score (nSPS) is 16.4. The summed E-state index contributed by atoms with van der Waals surface area (Å²) >= 11 is 0. The SMILES string of the molecule is N#C/C(=C/Nc1cc(C(F)(F)F)cc(C(F)(F)F)c1)C(=O)NC1CCCCC1. The molecule has 1 amide bonds. The number of amides is 1. The molecule has 0 saturated heterocycles. The third-order valence-corrected chi connectivity index (χ3v) is 4.28. The maximum absolute atomic E-state index is 12.9. The molecule has 0 radical (unpaired) electrons. The predicted molar refractivity (Wildman–Crippen MR) is 88.8 cm³/mol. The third-order valence-electron chi connectivity index (χ3n) is 4.28. The highest BCUT2D eigenvalue weighted by atomic mass is 19.4. The fraction of sp³-hybridized carbons (Fsp3) is 0.444. The van der Waals surface area contributed by atoms with Gasteiger partial charge in [-0.1, -0.05) is 19.3 Å². The fourth-order valence-corrected chi connectivity index (χ4v) is 2.85. The van der Waals surface area contributed by atoms with E-state index in [-0.39, 0.29) is 12.1 Å². The van der Waals surface area contributed by atoms with Crippen LogP contribution in [0.3, 0.4) is 0 Å². The monoisotopic (exact) mass is 405 g/mol. The summed E-state index contributed by atoms with van der Waals surface area (Å²) in [5.74, 6) is -0.732. The highest BCUT2D eigenvalue weighted by Gasteiger charge is 2.36. The molecule has 0 bridgehead atoms. The van der Waals surface area contributed by atoms with Gasteiger partial charge < -0.3 is 10.6 Å². The number of anilines is 1. The Kier molecular flexibility index (Phi) is 6.59. The molecule has 0 aliphatic heterocycles. The molecule has 10 heteroatoms. The van der Waals surface area contributed by atoms with Crippen molar-refractivity contribution in [1.29, 1.82) is 5.26 Å². The number of carbonyl (C=O) groups excluding carboxylic acids is 1. The number of rotatable bonds is 4. The molecule has 1 saturated carbocycles. The number of nitrogens with one attached hydrogen (secondary N) is 2. The molecule has 0 aromatic heterocycles. The highest BCUT2D eigenvalue weighted by molar-refractivity contribution is 5.97. The van der Waals surface area contributed by atoms with Gasteiger partial charge in [-0.25, -0.2) is 0 Å². The van der Waals surface area contributed by atoms with Crippen molar-refractivity contribution in [3.05, 3.63) is 41.1 Å². The number of hydrogen-bond donors (Lipinski definition) is 2. The highest BCUT2D eigenvalue weighted by Crippen LogP contribution is 2.37. The summed E-state index contributed by atoms with van der Waals surface area (Å²) in [6.45, 7) is 0. The van der Waals surface area contributed by atoms with Crippen LogP contribution in [0.4, 0.5) is 32.0 Å². The Morgan fingerprint density at radius 2 is 1.54 bits per heavy atom. The molecule has 4 nitrogen and oxygen atoms in total. The van der Waals surface area contributed by atoms with Gasteiger partial charge in [0, 0.05) is 17.9 Å². The first-order chi connectivity index (χ1) is 13.0. The van der Waals surface area contributed by atoms with E-state index in [1.165, 1.54) is 0 Å². The summed E-state index contributed by atoms with van der Waals surface area (Å²) < 4.78 is 77.2. The topological polar surface area (TPSA) is 64.9 Å². The molecule has 1 aliphatic rings. The van der Waals surface area contributed by atoms with Crippen molar-refractivity contribution in [2.75, 3.05) is 5.32 Å². The van der Waals surface area contributed by atoms with Crippen LogP contribution in [0, 0.1) is 11.3 Å². The number of nitrogens with zero attached hydrogens (tertiary/aromatic N) is 1. The number of nitriles is 1. The van der Waals surface area contributed by atoms with E-state index in [2.05, 4.69) is 10.6 Å². The van der Waals surface area contributed by atoms with Gasteiger partial charge in [-0.05, 0) is 31.0 Å². The van der Waals surface area contributed by atoms with E-state index in [9.17, 15) is 31.1 Å². The molecular formula is C18H17F6N3O. The van der Waals surface area contributed by atoms with Gasteiger partial charge in [-0.15, -0.1) is 0 Å². The van der Waals surface area contributed by atoms with Crippen LogP contribution in [0.2, 0.25) is 0 Å². The van der Waals surface area contributed by atoms with Crippen molar-refractivity contribution in [3.8, 4) is 6.07 Å². The van der Waals surface area contributed by atoms with E-state index >= 15 is 0 Å². The minimum atomic E-state index is -4.99. The zero-order valence-corrected chi connectivity index (χ0v) is 14.5. The molecule has 0 heterocycles. The summed E-state index contributed by atoms with van der Waals surface area (Å²) in [6, 6.07) is 2.43. The van der Waals surface area contributed by atoms with Crippen LogP contribution < -0.4 is 10.6 Å². The van der Waals surface area contributed by atoms with Crippen molar-refractivity contribution >= 4 is 11.6 Å². The lowest BCUT2D eigenvalue weighted by Crippen LogP contribution is -2.37. The van der Waals surface area contributed by atoms with E-state index in [1.54, 1.807) is 6.07 Å². The first-order valence-corrected chi connectivity index (χ1v) is 8.48. The molecule has 1 aliphatic carbocycles. The Balaban J connectivity index is 2.22. The quantitative estimate of drug-likeness (QED) is 0.421. The summed E-state index contributed by atoms with van der Waals surface area (Å²) in [6.07, 6.45) is -4.77. The maximum atomic E-state index is 12.9. The molecular weight excluding hydrogens is 388 g/mol. The lowest BCUT2D eigenvalue weighted by Gasteiger charge is -2.22. The first-order valence-electron chi connectivity index (χ1n) is 8.48. The molecule has 0 spiro atoms. The zero-order chi connectivity index (χ0) is 20.9. The standard InChI is InChI=1S/C18H17F6N3O/c19-17(20,21)12-6-13(18(22,23)24)8-15(7-12)26-10-11(9-25)16(28)27-14-4-2-1-3-5-14/h6-8,10,14,26H,1-5H2,(H,27,28)/b11-10-. The molecule has 28 heavy (non-hydrogen) atoms. The smallest absolute Gasteiger partial charge is 0.360 e. The molecule has 0 unspecified atom stereocenters. The van der Waals surface area contributed by atoms with E-state index in [0.29, 0.717) is 12.1 Å². The largest absolute Gasteiger partial charge is 0.416 e. The van der Waals surface area contributed by atoms with Crippen LogP contribution in [-0.2, 0) is 17.1 Å². The van der Waals surface area contributed by atoms with Gasteiger partial charge in [0.05, 0.1) is 11.1 Å². The number of halogens is 6. The predicted octanol–water partition coefficient (Wildman–Crippen LogP) is 4.99. The Labute approximate surface area is 157 Å². The van der Waals surface area contributed by atoms with E-state index in [4.69, 9.17) is 5.26 Å². The van der Waals surface area contributed by atoms with Crippen LogP contribution in [0.25, 0.3) is 0 Å². The second-order valence-corrected chi connectivity index (χ2v) is 6.42. The summed E-state index contributed by atoms with van der Waals surface area (Å²) in [5.41, 5.74) is -3.98. The van der Waals surface area contributed by atoms with Crippen LogP contribution in [-0.4, -0.2) is 11.9 Å². The Morgan fingerprint density at radius 1 is 1.00 bits per heavy atom. The average molecular weight is 405 g/mol. The number of benzene rings is 1. The lowest BCUT2D eigenvalue weighted by molar-refractivity contribution is -0.143. The summed E-state index contributed by atoms with van der Waals surface area (Å²) in [7, 11) is 0. The summed E-state index contributed by atoms with van der Waals surface area (Å²) in [4.78, 5) is 12.1. The van der Waals surface area contributed by atoms with Gasteiger partial charge in [0.25, 0.3) is 5.91 Å². The zero-order valence-electron chi connectivity index (χ0n) is 14.5. The average Bonchev–Trinajstić information content (AvgIpc) is 2.61. The van der Waals surface area contributed by atoms with E-state index in [1.807, 2.05) is 0 Å². The molecule has 0 atom stereocenters. The van der Waals surface area contributed by atoms with Crippen molar-refractivity contribution in [2.24, 2.45) is 0 Å². The molecule has 2 rings (SSSR count). The Bertz CT molecular complexity index is 754. The Morgan fingerprint density at radius 3 is 2.00 bits per heavy atom. The van der Waals surface area contributed by atoms with Crippen LogP contribution >= 0.6 is 0 Å². The fourth-order valence-electron chi connectivity index (χ4n) is 2.85. The van der Waals surface area contributed by atoms with Gasteiger partial charge >= 0.3 is 12.4 Å². The van der Waals surface area contributed by atoms with Crippen molar-refractivity contribution in [3.63, 3.8) is 0 Å². The first kappa shape index (κ1) is 21.6. The minimum absolute atomic E-state index is 0.00408. The summed E-state index contributed by atoms with van der Waals surface area (Å²) in [5, 5.41) is 13.9. The number of alkyl halides is 6. The molecule has 1 fully saturated rings. The van der Waals surface area contributed by atoms with E-state index in [0.717, 1.165) is 38.3 Å². The second-order valence-electron chi connectivity index (χ2n) is 6.42. The maximum Gasteiger partial charge on any atom is 0.416 e. The van der Waals surface area contributed by atoms with Crippen LogP contribution in [0.15, 0.2) is 30.0 Å². The van der Waals surface area contributed by atoms with Crippen molar-refractivity contribution < 1.29 is 31.1 Å². The Hall–Kier alpha value is -2.70. The minimum Gasteiger partial charge on any atom is -0.360 e. The van der Waals surface area contributed by atoms with E-state index < -0.39 is 40.6 Å². The number of hydrogen-bond acceptors (Lipinski definition) is 3. The van der Waals surface area contributed by atoms with Gasteiger partial charge in [-0.3, -0.25) is 4.79 Å². The van der Waals surface area contributed by atoms with Crippen molar-refractivity contribution in [1.82, 2.24) is 5.32 Å². The van der Waals surface area contributed by atoms with Gasteiger partial charge in [-0.2, -0.15) is 31.6 Å². The van der Waals surface area contributed by atoms with Crippen molar-refractivity contribution in [2.45, 2.75) is 50.5 Å². The number of carbonyl (C=O) groups is 1. The lowest BCUT2D eigenvalue weighted by atomic mass is 9.95. The third kappa shape index (κ3) is 5.90. The van der Waals surface area contributed by atoms with Gasteiger partial charge in [0.1, 0.15) is 11.6 Å². The van der Waals surface area contributed by atoms with Gasteiger partial charge in [0.15, 0.2) is 0 Å². The molecule has 2 N–H and O–H groups in total. The van der Waals surface area contributed by atoms with Crippen LogP contribution in [0.5, 0.6) is 0 Å². The molecule has 152 valence electrons. The van der Waals surface area contributed by atoms with Crippen LogP contribution in [0.1, 0.15) is 43.2 Å². The molecule has 1 aromatic carbocycles. The second kappa shape index (κ2) is 8.54. The molecule has 1 aromatic rings. The van der Waals surface area contributed by atoms with Gasteiger partial charge in [0.2, 0.25) is 0 Å².